The Bertz CT molecular complexity index is 104. The van der Waals surface area contributed by atoms with Gasteiger partial charge in [0.25, 0.3) is 0 Å². The lowest BCUT2D eigenvalue weighted by Gasteiger charge is -2.04. The van der Waals surface area contributed by atoms with E-state index in [1.165, 1.54) is 0 Å². The Kier molecular flexibility index (Phi) is 4.94. The van der Waals surface area contributed by atoms with Crippen LogP contribution < -0.4 is 5.73 Å². The Morgan fingerprint density at radius 1 is 1.80 bits per heavy atom. The molecular weight excluding hydrogens is 130 g/mol. The Labute approximate surface area is 61.5 Å². The van der Waals surface area contributed by atoms with E-state index in [-0.39, 0.29) is 11.8 Å². The zero-order chi connectivity index (χ0) is 7.98. The topological polar surface area (TPSA) is 52.3 Å². The third-order valence-electron chi connectivity index (χ3n) is 1.41. The van der Waals surface area contributed by atoms with Gasteiger partial charge in [-0.2, -0.15) is 0 Å². The van der Waals surface area contributed by atoms with Crippen molar-refractivity contribution < 1.29 is 9.53 Å². The van der Waals surface area contributed by atoms with Crippen LogP contribution in [0, 0.1) is 13.0 Å². The van der Waals surface area contributed by atoms with Crippen molar-refractivity contribution in [1.29, 1.82) is 0 Å². The molecule has 1 radical (unpaired) electrons. The average Bonchev–Trinajstić information content (AvgIpc) is 1.88. The molecule has 0 aliphatic heterocycles. The highest BCUT2D eigenvalue weighted by Gasteiger charge is 2.06. The lowest BCUT2D eigenvalue weighted by atomic mass is 10.1. The van der Waals surface area contributed by atoms with Gasteiger partial charge in [0.15, 0.2) is 0 Å². The fourth-order valence-corrected chi connectivity index (χ4v) is 0.634. The summed E-state index contributed by atoms with van der Waals surface area (Å²) in [5.41, 5.74) is 5.02. The Balaban J connectivity index is 3.21. The lowest BCUT2D eigenvalue weighted by Crippen LogP contribution is -2.20. The van der Waals surface area contributed by atoms with E-state index in [1.54, 1.807) is 0 Å². The Hall–Kier alpha value is -0.570. The van der Waals surface area contributed by atoms with Crippen LogP contribution in [0.25, 0.3) is 0 Å². The molecule has 0 saturated heterocycles. The highest BCUT2D eigenvalue weighted by Crippen LogP contribution is 2.03. The quantitative estimate of drug-likeness (QED) is 0.577. The van der Waals surface area contributed by atoms with Crippen LogP contribution >= 0.6 is 0 Å². The molecule has 0 bridgehead atoms. The van der Waals surface area contributed by atoms with E-state index in [4.69, 9.17) is 5.73 Å². The second kappa shape index (κ2) is 5.23. The highest BCUT2D eigenvalue weighted by atomic mass is 16.5. The number of amides is 1. The van der Waals surface area contributed by atoms with Gasteiger partial charge in [0.05, 0.1) is 7.11 Å². The van der Waals surface area contributed by atoms with E-state index in [9.17, 15) is 4.79 Å². The van der Waals surface area contributed by atoms with Gasteiger partial charge in [-0.15, -0.1) is 0 Å². The molecule has 0 rings (SSSR count). The standard InChI is InChI=1S/C7H14NO2/c1-6(7(8)9)4-3-5-10-2/h6H,2-5H2,1H3,(H2,8,9). The summed E-state index contributed by atoms with van der Waals surface area (Å²) in [6, 6.07) is 0. The molecule has 1 amide bonds. The van der Waals surface area contributed by atoms with E-state index >= 15 is 0 Å². The van der Waals surface area contributed by atoms with Gasteiger partial charge in [0.2, 0.25) is 5.91 Å². The predicted molar refractivity (Wildman–Crippen MR) is 38.9 cm³/mol. The summed E-state index contributed by atoms with van der Waals surface area (Å²) in [6.07, 6.45) is 1.62. The monoisotopic (exact) mass is 144 g/mol. The largest absolute Gasteiger partial charge is 0.379 e. The summed E-state index contributed by atoms with van der Waals surface area (Å²) < 4.78 is 4.57. The molecule has 0 aromatic rings. The second-order valence-electron chi connectivity index (χ2n) is 2.35. The van der Waals surface area contributed by atoms with Gasteiger partial charge in [0.1, 0.15) is 0 Å². The molecule has 1 atom stereocenters. The number of hydrogen-bond donors (Lipinski definition) is 1. The molecule has 3 heteroatoms. The maximum absolute atomic E-state index is 10.5. The molecule has 10 heavy (non-hydrogen) atoms. The molecule has 0 aromatic heterocycles. The fraction of sp³-hybridized carbons (Fsp3) is 0.714. The molecular formula is C7H14NO2. The molecule has 0 aliphatic carbocycles. The van der Waals surface area contributed by atoms with Crippen molar-refractivity contribution in [2.75, 3.05) is 6.61 Å². The average molecular weight is 144 g/mol. The predicted octanol–water partition coefficient (Wildman–Crippen LogP) is 0.696. The highest BCUT2D eigenvalue weighted by molar-refractivity contribution is 5.76. The Morgan fingerprint density at radius 3 is 2.80 bits per heavy atom. The van der Waals surface area contributed by atoms with Crippen LogP contribution in [0.4, 0.5) is 0 Å². The zero-order valence-corrected chi connectivity index (χ0v) is 6.30. The van der Waals surface area contributed by atoms with Crippen molar-refractivity contribution in [2.45, 2.75) is 19.8 Å². The lowest BCUT2D eigenvalue weighted by molar-refractivity contribution is -0.121. The van der Waals surface area contributed by atoms with Gasteiger partial charge in [0, 0.05) is 12.5 Å². The normalized spacial score (nSPS) is 13.0. The minimum atomic E-state index is -0.246. The molecule has 0 fully saturated rings. The second-order valence-corrected chi connectivity index (χ2v) is 2.35. The van der Waals surface area contributed by atoms with Gasteiger partial charge in [-0.1, -0.05) is 6.92 Å². The minimum Gasteiger partial charge on any atom is -0.379 e. The summed E-state index contributed by atoms with van der Waals surface area (Å²) >= 11 is 0. The molecule has 0 spiro atoms. The van der Waals surface area contributed by atoms with Crippen LogP contribution in [0.5, 0.6) is 0 Å². The summed E-state index contributed by atoms with van der Waals surface area (Å²) in [5, 5.41) is 0. The van der Waals surface area contributed by atoms with Crippen LogP contribution in [-0.4, -0.2) is 12.5 Å². The number of rotatable bonds is 5. The van der Waals surface area contributed by atoms with Crippen molar-refractivity contribution in [3.05, 3.63) is 7.11 Å². The first-order valence-corrected chi connectivity index (χ1v) is 3.34. The molecule has 59 valence electrons. The maximum atomic E-state index is 10.5. The molecule has 2 N–H and O–H groups in total. The third kappa shape index (κ3) is 4.32. The SMILES string of the molecule is [CH2]OCCCC(C)C(N)=O. The zero-order valence-electron chi connectivity index (χ0n) is 6.30. The summed E-state index contributed by atoms with van der Waals surface area (Å²) in [5.74, 6) is -0.292. The van der Waals surface area contributed by atoms with E-state index in [0.717, 1.165) is 12.8 Å². The van der Waals surface area contributed by atoms with Gasteiger partial charge < -0.3 is 10.5 Å². The summed E-state index contributed by atoms with van der Waals surface area (Å²) in [4.78, 5) is 10.5. The van der Waals surface area contributed by atoms with Gasteiger partial charge in [-0.3, -0.25) is 4.79 Å². The molecule has 0 saturated carbocycles. The number of carbonyl (C=O) groups excluding carboxylic acids is 1. The smallest absolute Gasteiger partial charge is 0.220 e. The van der Waals surface area contributed by atoms with Crippen LogP contribution in [0.2, 0.25) is 0 Å². The first-order valence-electron chi connectivity index (χ1n) is 3.34. The Morgan fingerprint density at radius 2 is 2.40 bits per heavy atom. The number of nitrogens with two attached hydrogens (primary N) is 1. The summed E-state index contributed by atoms with van der Waals surface area (Å²) in [7, 11) is 3.21. The van der Waals surface area contributed by atoms with Crippen LogP contribution in [-0.2, 0) is 9.53 Å². The number of carbonyl (C=O) groups is 1. The van der Waals surface area contributed by atoms with Gasteiger partial charge in [-0.25, -0.2) is 0 Å². The van der Waals surface area contributed by atoms with Crippen LogP contribution in [0.1, 0.15) is 19.8 Å². The first-order chi connectivity index (χ1) is 4.68. The van der Waals surface area contributed by atoms with E-state index in [1.807, 2.05) is 6.92 Å². The van der Waals surface area contributed by atoms with Crippen molar-refractivity contribution in [1.82, 2.24) is 0 Å². The third-order valence-corrected chi connectivity index (χ3v) is 1.41. The van der Waals surface area contributed by atoms with E-state index in [2.05, 4.69) is 11.8 Å². The van der Waals surface area contributed by atoms with E-state index in [0.29, 0.717) is 6.61 Å². The van der Waals surface area contributed by atoms with Crippen LogP contribution in [0.3, 0.4) is 0 Å². The first kappa shape index (κ1) is 9.43. The van der Waals surface area contributed by atoms with Crippen molar-refractivity contribution in [3.63, 3.8) is 0 Å². The number of ether oxygens (including phenoxy) is 1. The number of hydrogen-bond acceptors (Lipinski definition) is 2. The van der Waals surface area contributed by atoms with Crippen molar-refractivity contribution in [2.24, 2.45) is 11.7 Å². The fourth-order valence-electron chi connectivity index (χ4n) is 0.634. The molecule has 1 unspecified atom stereocenters. The van der Waals surface area contributed by atoms with Gasteiger partial charge in [-0.05, 0) is 12.8 Å². The van der Waals surface area contributed by atoms with Crippen molar-refractivity contribution in [3.8, 4) is 0 Å². The van der Waals surface area contributed by atoms with Crippen molar-refractivity contribution >= 4 is 5.91 Å². The number of primary amides is 1. The van der Waals surface area contributed by atoms with Gasteiger partial charge >= 0.3 is 0 Å². The molecule has 0 heterocycles. The minimum absolute atomic E-state index is 0.0462. The van der Waals surface area contributed by atoms with E-state index < -0.39 is 0 Å². The van der Waals surface area contributed by atoms with Crippen LogP contribution in [0.15, 0.2) is 0 Å². The maximum Gasteiger partial charge on any atom is 0.220 e. The molecule has 3 nitrogen and oxygen atoms in total. The summed E-state index contributed by atoms with van der Waals surface area (Å²) in [6.45, 7) is 2.41. The molecule has 0 aliphatic rings. The molecule has 0 aromatic carbocycles.